The molecule has 1 aliphatic rings. The number of aliphatic hydroxyl groups excluding tert-OH is 1. The number of halogens is 1. The van der Waals surface area contributed by atoms with Crippen molar-refractivity contribution in [2.75, 3.05) is 19.7 Å². The van der Waals surface area contributed by atoms with Crippen LogP contribution >= 0.6 is 0 Å². The van der Waals surface area contributed by atoms with Crippen molar-refractivity contribution in [3.05, 3.63) is 95.7 Å². The molecule has 0 amide bonds. The first-order chi connectivity index (χ1) is 15.7. The molecule has 0 saturated heterocycles. The number of rotatable bonds is 11. The van der Waals surface area contributed by atoms with Gasteiger partial charge in [-0.05, 0) is 23.8 Å². The lowest BCUT2D eigenvalue weighted by atomic mass is 10.0. The zero-order valence-corrected chi connectivity index (χ0v) is 17.8. The van der Waals surface area contributed by atoms with E-state index in [1.165, 1.54) is 6.07 Å². The Kier molecular flexibility index (Phi) is 7.66. The van der Waals surface area contributed by atoms with Crippen molar-refractivity contribution in [3.8, 4) is 0 Å². The molecule has 168 valence electrons. The van der Waals surface area contributed by atoms with Crippen LogP contribution in [-0.4, -0.2) is 47.6 Å². The van der Waals surface area contributed by atoms with Crippen molar-refractivity contribution >= 4 is 5.71 Å². The second-order valence-corrected chi connectivity index (χ2v) is 7.87. The number of furan rings is 1. The molecule has 1 N–H and O–H groups in total. The maximum atomic E-state index is 14.3. The van der Waals surface area contributed by atoms with Crippen LogP contribution in [0.4, 0.5) is 4.39 Å². The van der Waals surface area contributed by atoms with Gasteiger partial charge >= 0.3 is 0 Å². The van der Waals surface area contributed by atoms with Gasteiger partial charge in [-0.25, -0.2) is 4.39 Å². The van der Waals surface area contributed by atoms with E-state index in [2.05, 4.69) is 5.16 Å². The second-order valence-electron chi connectivity index (χ2n) is 7.87. The summed E-state index contributed by atoms with van der Waals surface area (Å²) in [5.74, 6) is 0.431. The van der Waals surface area contributed by atoms with E-state index in [9.17, 15) is 9.50 Å². The van der Waals surface area contributed by atoms with Gasteiger partial charge in [0.15, 0.2) is 0 Å². The van der Waals surface area contributed by atoms with Gasteiger partial charge in [0.25, 0.3) is 0 Å². The van der Waals surface area contributed by atoms with Gasteiger partial charge < -0.3 is 19.1 Å². The molecule has 0 aliphatic carbocycles. The summed E-state index contributed by atoms with van der Waals surface area (Å²) in [6, 6.07) is 20.2. The van der Waals surface area contributed by atoms with Gasteiger partial charge in [0.05, 0.1) is 24.7 Å². The predicted molar refractivity (Wildman–Crippen MR) is 119 cm³/mol. The molecule has 4 rings (SSSR count). The van der Waals surface area contributed by atoms with Gasteiger partial charge in [-0.2, -0.15) is 0 Å². The van der Waals surface area contributed by atoms with Crippen molar-refractivity contribution < 1.29 is 23.5 Å². The van der Waals surface area contributed by atoms with Crippen LogP contribution in [0.15, 0.2) is 82.6 Å². The molecule has 3 aromatic rings. The van der Waals surface area contributed by atoms with E-state index in [0.29, 0.717) is 37.4 Å². The average molecular weight is 438 g/mol. The Morgan fingerprint density at radius 2 is 1.91 bits per heavy atom. The molecule has 6 nitrogen and oxygen atoms in total. The minimum Gasteiger partial charge on any atom is -0.467 e. The molecule has 1 aliphatic heterocycles. The number of ether oxygens (including phenoxy) is 1. The average Bonchev–Trinajstić information content (AvgIpc) is 3.48. The number of hydrogen-bond donors (Lipinski definition) is 1. The fourth-order valence-electron chi connectivity index (χ4n) is 3.73. The lowest BCUT2D eigenvalue weighted by molar-refractivity contribution is -0.00976. The van der Waals surface area contributed by atoms with Gasteiger partial charge in [0.1, 0.15) is 24.3 Å². The van der Waals surface area contributed by atoms with Crippen molar-refractivity contribution in [1.29, 1.82) is 0 Å². The summed E-state index contributed by atoms with van der Waals surface area (Å²) in [4.78, 5) is 7.64. The molecule has 32 heavy (non-hydrogen) atoms. The van der Waals surface area contributed by atoms with E-state index in [1.807, 2.05) is 47.4 Å². The van der Waals surface area contributed by atoms with Crippen LogP contribution in [-0.2, 0) is 22.7 Å². The Morgan fingerprint density at radius 1 is 1.09 bits per heavy atom. The van der Waals surface area contributed by atoms with Gasteiger partial charge in [0, 0.05) is 31.6 Å². The van der Waals surface area contributed by atoms with Gasteiger partial charge in [-0.1, -0.05) is 53.7 Å². The minimum absolute atomic E-state index is 0.145. The Hall–Kier alpha value is -3.00. The van der Waals surface area contributed by atoms with E-state index in [0.717, 1.165) is 11.3 Å². The minimum atomic E-state index is -0.743. The highest BCUT2D eigenvalue weighted by molar-refractivity contribution is 6.01. The summed E-state index contributed by atoms with van der Waals surface area (Å²) in [6.07, 6.45) is 1.32. The molecular formula is C25H27FN2O4. The van der Waals surface area contributed by atoms with Crippen molar-refractivity contribution in [1.82, 2.24) is 4.90 Å². The molecule has 0 radical (unpaired) electrons. The number of benzene rings is 2. The normalized spacial score (nSPS) is 16.7. The fraction of sp³-hybridized carbons (Fsp3) is 0.320. The van der Waals surface area contributed by atoms with Crippen molar-refractivity contribution in [2.24, 2.45) is 5.16 Å². The first-order valence-electron chi connectivity index (χ1n) is 10.7. The van der Waals surface area contributed by atoms with Crippen LogP contribution in [0.1, 0.15) is 23.3 Å². The van der Waals surface area contributed by atoms with Gasteiger partial charge in [0.2, 0.25) is 0 Å². The van der Waals surface area contributed by atoms with Crippen LogP contribution in [0.2, 0.25) is 0 Å². The largest absolute Gasteiger partial charge is 0.467 e. The monoisotopic (exact) mass is 438 g/mol. The summed E-state index contributed by atoms with van der Waals surface area (Å²) in [6.45, 7) is 1.60. The number of oxime groups is 1. The van der Waals surface area contributed by atoms with E-state index in [-0.39, 0.29) is 25.1 Å². The van der Waals surface area contributed by atoms with Crippen LogP contribution in [0.5, 0.6) is 0 Å². The summed E-state index contributed by atoms with van der Waals surface area (Å²) in [5.41, 5.74) is 2.49. The number of aliphatic hydroxyl groups is 1. The van der Waals surface area contributed by atoms with Crippen molar-refractivity contribution in [3.63, 3.8) is 0 Å². The SMILES string of the molecule is O[C@H](COCc1ccco1)CN(Cc1ccccc1F)C[C@@H]1CC(c2ccccc2)=NO1. The first kappa shape index (κ1) is 22.2. The third-order valence-corrected chi connectivity index (χ3v) is 5.26. The van der Waals surface area contributed by atoms with E-state index < -0.39 is 6.10 Å². The highest BCUT2D eigenvalue weighted by atomic mass is 19.1. The summed E-state index contributed by atoms with van der Waals surface area (Å²) >= 11 is 0. The zero-order chi connectivity index (χ0) is 22.2. The third-order valence-electron chi connectivity index (χ3n) is 5.26. The lowest BCUT2D eigenvalue weighted by Gasteiger charge is -2.27. The molecule has 0 fully saturated rings. The highest BCUT2D eigenvalue weighted by Crippen LogP contribution is 2.19. The first-order valence-corrected chi connectivity index (χ1v) is 10.7. The smallest absolute Gasteiger partial charge is 0.145 e. The summed E-state index contributed by atoms with van der Waals surface area (Å²) < 4.78 is 25.1. The molecule has 2 atom stereocenters. The standard InChI is InChI=1S/C25H27FN2O4/c26-24-11-5-4-9-20(24)14-28(15-21(29)17-30-18-22-10-6-12-31-22)16-23-13-25(27-32-23)19-7-2-1-3-8-19/h1-12,21,23,29H,13-18H2/t21-,23-/m0/s1. The lowest BCUT2D eigenvalue weighted by Crippen LogP contribution is -2.39. The number of hydrogen-bond acceptors (Lipinski definition) is 6. The van der Waals surface area contributed by atoms with E-state index in [1.54, 1.807) is 24.5 Å². The van der Waals surface area contributed by atoms with Gasteiger partial charge in [-0.3, -0.25) is 4.90 Å². The number of nitrogens with zero attached hydrogens (tertiary/aromatic N) is 2. The fourth-order valence-corrected chi connectivity index (χ4v) is 3.73. The Bertz CT molecular complexity index is 994. The van der Waals surface area contributed by atoms with Crippen LogP contribution in [0.3, 0.4) is 0 Å². The Labute approximate surface area is 186 Å². The Morgan fingerprint density at radius 3 is 2.69 bits per heavy atom. The molecule has 0 unspecified atom stereocenters. The molecule has 1 aromatic heterocycles. The van der Waals surface area contributed by atoms with E-state index >= 15 is 0 Å². The molecule has 7 heteroatoms. The van der Waals surface area contributed by atoms with Gasteiger partial charge in [-0.15, -0.1) is 0 Å². The van der Waals surface area contributed by atoms with Crippen LogP contribution in [0, 0.1) is 5.82 Å². The maximum Gasteiger partial charge on any atom is 0.145 e. The van der Waals surface area contributed by atoms with Crippen LogP contribution in [0.25, 0.3) is 0 Å². The topological polar surface area (TPSA) is 67.4 Å². The molecule has 0 bridgehead atoms. The molecule has 0 spiro atoms. The highest BCUT2D eigenvalue weighted by Gasteiger charge is 2.26. The van der Waals surface area contributed by atoms with Crippen LogP contribution < -0.4 is 0 Å². The molecule has 0 saturated carbocycles. The zero-order valence-electron chi connectivity index (χ0n) is 17.8. The second kappa shape index (κ2) is 11.0. The molecule has 2 aromatic carbocycles. The van der Waals surface area contributed by atoms with E-state index in [4.69, 9.17) is 14.0 Å². The quantitative estimate of drug-likeness (QED) is 0.490. The molecule has 2 heterocycles. The summed E-state index contributed by atoms with van der Waals surface area (Å²) in [7, 11) is 0. The third kappa shape index (κ3) is 6.26. The molecular weight excluding hydrogens is 411 g/mol. The van der Waals surface area contributed by atoms with Crippen molar-refractivity contribution in [2.45, 2.75) is 31.8 Å². The Balaban J connectivity index is 1.35. The summed E-state index contributed by atoms with van der Waals surface area (Å²) in [5, 5.41) is 14.8. The maximum absolute atomic E-state index is 14.3. The predicted octanol–water partition coefficient (Wildman–Crippen LogP) is 3.99.